The van der Waals surface area contributed by atoms with Crippen molar-refractivity contribution in [3.8, 4) is 0 Å². The van der Waals surface area contributed by atoms with E-state index in [0.717, 1.165) is 11.1 Å². The van der Waals surface area contributed by atoms with Crippen molar-refractivity contribution in [1.29, 1.82) is 0 Å². The maximum absolute atomic E-state index is 12.4. The number of ether oxygens (including phenoxy) is 2. The minimum atomic E-state index is -0.750. The summed E-state index contributed by atoms with van der Waals surface area (Å²) in [6.07, 6.45) is -2.04. The van der Waals surface area contributed by atoms with Crippen LogP contribution in [0.3, 0.4) is 0 Å². The number of carbonyl (C=O) groups is 4. The van der Waals surface area contributed by atoms with E-state index >= 15 is 0 Å². The van der Waals surface area contributed by atoms with Gasteiger partial charge in [0, 0.05) is 0 Å². The summed E-state index contributed by atoms with van der Waals surface area (Å²) in [5.41, 5.74) is 6.11. The molecule has 0 fully saturated rings. The zero-order valence-corrected chi connectivity index (χ0v) is 23.4. The molecule has 0 heterocycles. The number of urea groups is 2. The van der Waals surface area contributed by atoms with Gasteiger partial charge in [0.25, 0.3) is 0 Å². The highest BCUT2D eigenvalue weighted by Gasteiger charge is 2.20. The number of benzene rings is 2. The molecular formula is C28H40N6O6. The molecule has 2 rings (SSSR count). The fourth-order valence-electron chi connectivity index (χ4n) is 3.57. The summed E-state index contributed by atoms with van der Waals surface area (Å²) in [7, 11) is 0. The molecule has 0 aliphatic heterocycles. The third kappa shape index (κ3) is 13.9. The van der Waals surface area contributed by atoms with Gasteiger partial charge in [-0.15, -0.1) is 0 Å². The lowest BCUT2D eigenvalue weighted by Gasteiger charge is -2.23. The topological polar surface area (TPSA) is 159 Å². The Morgan fingerprint density at radius 3 is 1.25 bits per heavy atom. The molecular weight excluding hydrogens is 516 g/mol. The van der Waals surface area contributed by atoms with E-state index in [1.54, 1.807) is 0 Å². The summed E-state index contributed by atoms with van der Waals surface area (Å²) in [6, 6.07) is 16.9. The lowest BCUT2D eigenvalue weighted by molar-refractivity contribution is 0.130. The van der Waals surface area contributed by atoms with Gasteiger partial charge in [-0.05, 0) is 35.8 Å². The zero-order chi connectivity index (χ0) is 29.3. The lowest BCUT2D eigenvalue weighted by Crippen LogP contribution is -2.58. The predicted molar refractivity (Wildman–Crippen MR) is 149 cm³/mol. The fraction of sp³-hybridized carbons (Fsp3) is 0.429. The maximum atomic E-state index is 12.4. The molecule has 0 spiro atoms. The Kier molecular flexibility index (Phi) is 13.6. The van der Waals surface area contributed by atoms with Crippen LogP contribution in [-0.2, 0) is 22.7 Å². The summed E-state index contributed by atoms with van der Waals surface area (Å²) in [4.78, 5) is 49.3. The SMILES string of the molecule is CC(C)CC(NC(=O)NNC(=O)NC(CC(C)C)NC(=O)OCc1ccccc1)NC(=O)OCc1ccccc1. The predicted octanol–water partition coefficient (Wildman–Crippen LogP) is 4.10. The number of rotatable bonds is 12. The molecule has 0 saturated heterocycles. The highest BCUT2D eigenvalue weighted by molar-refractivity contribution is 5.81. The van der Waals surface area contributed by atoms with Gasteiger partial charge >= 0.3 is 24.2 Å². The minimum Gasteiger partial charge on any atom is -0.445 e. The molecule has 6 N–H and O–H groups in total. The Labute approximate surface area is 234 Å². The normalized spacial score (nSPS) is 12.1. The van der Waals surface area contributed by atoms with Crippen LogP contribution in [0, 0.1) is 11.8 Å². The molecule has 2 aromatic carbocycles. The van der Waals surface area contributed by atoms with Gasteiger partial charge in [-0.3, -0.25) is 0 Å². The third-order valence-electron chi connectivity index (χ3n) is 5.32. The van der Waals surface area contributed by atoms with Gasteiger partial charge in [-0.25, -0.2) is 30.0 Å². The Hall–Kier alpha value is -4.48. The van der Waals surface area contributed by atoms with Crippen molar-refractivity contribution in [2.75, 3.05) is 0 Å². The second-order valence-electron chi connectivity index (χ2n) is 9.97. The molecule has 0 aromatic heterocycles. The van der Waals surface area contributed by atoms with Crippen LogP contribution in [0.25, 0.3) is 0 Å². The molecule has 12 nitrogen and oxygen atoms in total. The summed E-state index contributed by atoms with van der Waals surface area (Å²) >= 11 is 0. The van der Waals surface area contributed by atoms with Gasteiger partial charge in [-0.1, -0.05) is 88.4 Å². The average molecular weight is 557 g/mol. The lowest BCUT2D eigenvalue weighted by atomic mass is 10.1. The summed E-state index contributed by atoms with van der Waals surface area (Å²) in [5.74, 6) is 0.279. The van der Waals surface area contributed by atoms with Crippen molar-refractivity contribution < 1.29 is 28.7 Å². The Balaban J connectivity index is 1.79. The second-order valence-corrected chi connectivity index (χ2v) is 9.97. The van der Waals surface area contributed by atoms with Crippen molar-refractivity contribution in [3.05, 3.63) is 71.8 Å². The first-order valence-corrected chi connectivity index (χ1v) is 13.2. The monoisotopic (exact) mass is 556 g/mol. The molecule has 0 aliphatic rings. The Morgan fingerprint density at radius 2 is 0.925 bits per heavy atom. The molecule has 12 heteroatoms. The smallest absolute Gasteiger partial charge is 0.409 e. The highest BCUT2D eigenvalue weighted by atomic mass is 16.6. The molecule has 2 aromatic rings. The van der Waals surface area contributed by atoms with Crippen LogP contribution in [-0.4, -0.2) is 36.6 Å². The minimum absolute atomic E-state index is 0.0837. The van der Waals surface area contributed by atoms with Crippen LogP contribution < -0.4 is 32.1 Å². The van der Waals surface area contributed by atoms with Gasteiger partial charge in [0.05, 0.1) is 0 Å². The fourth-order valence-corrected chi connectivity index (χ4v) is 3.57. The number of nitrogens with one attached hydrogen (secondary N) is 6. The van der Waals surface area contributed by atoms with Crippen LogP contribution in [0.4, 0.5) is 19.2 Å². The van der Waals surface area contributed by atoms with Gasteiger partial charge in [0.2, 0.25) is 0 Å². The van der Waals surface area contributed by atoms with Crippen LogP contribution in [0.1, 0.15) is 51.7 Å². The molecule has 2 unspecified atom stereocenters. The maximum Gasteiger partial charge on any atom is 0.409 e. The second kappa shape index (κ2) is 17.2. The third-order valence-corrected chi connectivity index (χ3v) is 5.32. The Bertz CT molecular complexity index is 982. The van der Waals surface area contributed by atoms with Crippen molar-refractivity contribution in [3.63, 3.8) is 0 Å². The molecule has 0 aliphatic carbocycles. The number of amides is 6. The quantitative estimate of drug-likeness (QED) is 0.171. The van der Waals surface area contributed by atoms with E-state index in [1.165, 1.54) is 0 Å². The largest absolute Gasteiger partial charge is 0.445 e. The van der Waals surface area contributed by atoms with Gasteiger partial charge in [0.1, 0.15) is 25.5 Å². The van der Waals surface area contributed by atoms with Crippen molar-refractivity contribution >= 4 is 24.2 Å². The van der Waals surface area contributed by atoms with E-state index in [1.807, 2.05) is 88.4 Å². The molecule has 0 bridgehead atoms. The van der Waals surface area contributed by atoms with E-state index < -0.39 is 36.6 Å². The highest BCUT2D eigenvalue weighted by Crippen LogP contribution is 2.06. The summed E-state index contributed by atoms with van der Waals surface area (Å²) in [6.45, 7) is 7.90. The molecule has 218 valence electrons. The van der Waals surface area contributed by atoms with E-state index in [9.17, 15) is 19.2 Å². The number of carbonyl (C=O) groups excluding carboxylic acids is 4. The number of hydrogen-bond donors (Lipinski definition) is 6. The molecule has 0 radical (unpaired) electrons. The first-order chi connectivity index (χ1) is 19.1. The van der Waals surface area contributed by atoms with E-state index in [-0.39, 0.29) is 25.0 Å². The summed E-state index contributed by atoms with van der Waals surface area (Å²) in [5, 5.41) is 10.4. The molecule has 2 atom stereocenters. The molecule has 0 saturated carbocycles. The molecule has 6 amide bonds. The van der Waals surface area contributed by atoms with Crippen LogP contribution in [0.5, 0.6) is 0 Å². The zero-order valence-electron chi connectivity index (χ0n) is 23.4. The van der Waals surface area contributed by atoms with Crippen molar-refractivity contribution in [1.82, 2.24) is 32.1 Å². The Morgan fingerprint density at radius 1 is 0.575 bits per heavy atom. The van der Waals surface area contributed by atoms with Crippen LogP contribution in [0.2, 0.25) is 0 Å². The van der Waals surface area contributed by atoms with Crippen molar-refractivity contribution in [2.45, 2.75) is 66.1 Å². The van der Waals surface area contributed by atoms with E-state index in [4.69, 9.17) is 9.47 Å². The number of hydrazine groups is 1. The van der Waals surface area contributed by atoms with Gasteiger partial charge < -0.3 is 30.7 Å². The number of hydrogen-bond acceptors (Lipinski definition) is 6. The van der Waals surface area contributed by atoms with Gasteiger partial charge in [-0.2, -0.15) is 0 Å². The average Bonchev–Trinajstić information content (AvgIpc) is 2.90. The van der Waals surface area contributed by atoms with Crippen molar-refractivity contribution in [2.24, 2.45) is 11.8 Å². The van der Waals surface area contributed by atoms with E-state index in [2.05, 4.69) is 32.1 Å². The van der Waals surface area contributed by atoms with Gasteiger partial charge in [0.15, 0.2) is 0 Å². The van der Waals surface area contributed by atoms with Crippen LogP contribution >= 0.6 is 0 Å². The number of alkyl carbamates (subject to hydrolysis) is 2. The first-order valence-electron chi connectivity index (χ1n) is 13.2. The summed E-state index contributed by atoms with van der Waals surface area (Å²) < 4.78 is 10.4. The first kappa shape index (κ1) is 31.7. The van der Waals surface area contributed by atoms with E-state index in [0.29, 0.717) is 12.8 Å². The van der Waals surface area contributed by atoms with Crippen LogP contribution in [0.15, 0.2) is 60.7 Å². The standard InChI is InChI=1S/C28H40N6O6/c1-19(2)15-23(31-27(37)39-17-21-11-7-5-8-12-21)29-25(35)33-34-26(36)30-24(16-20(3)4)32-28(38)40-18-22-13-9-6-10-14-22/h5-14,19-20,23-24H,15-18H2,1-4H3,(H,31,37)(H,32,38)(H2,29,33,35)(H2,30,34,36). The molecule has 40 heavy (non-hydrogen) atoms.